The van der Waals surface area contributed by atoms with E-state index in [4.69, 9.17) is 9.47 Å². The molecule has 4 atom stereocenters. The number of amides is 3. The second-order valence-corrected chi connectivity index (χ2v) is 11.3. The quantitative estimate of drug-likeness (QED) is 0.444. The van der Waals surface area contributed by atoms with Gasteiger partial charge < -0.3 is 25.2 Å². The number of benzene rings is 1. The lowest BCUT2D eigenvalue weighted by atomic mass is 9.86. The lowest BCUT2D eigenvalue weighted by Crippen LogP contribution is -2.65. The first kappa shape index (κ1) is 27.9. The lowest BCUT2D eigenvalue weighted by Gasteiger charge is -2.45. The molecule has 208 valence electrons. The Hall–Kier alpha value is -3.14. The van der Waals surface area contributed by atoms with Gasteiger partial charge in [-0.05, 0) is 51.5 Å². The number of carboxylic acid groups (broad SMARTS) is 1. The molecule has 3 amide bonds. The van der Waals surface area contributed by atoms with Crippen LogP contribution in [-0.4, -0.2) is 64.8 Å². The molecule has 0 bridgehead atoms. The molecule has 1 aliphatic carbocycles. The first-order valence-electron chi connectivity index (χ1n) is 13.5. The van der Waals surface area contributed by atoms with E-state index < -0.39 is 23.3 Å². The SMILES string of the molecule is CCC1(CC)CC(=O)N([C@H](CCOC)[C@H]2C[C@@H]2C(=O)NC2CC(C)(C)Oc3ccccc32)C(=NC(=O)O)N1. The van der Waals surface area contributed by atoms with E-state index in [0.717, 1.165) is 11.3 Å². The standard InChI is InChI=1S/C28H40N4O6/c1-6-28(7-2)16-23(33)32(25(31-28)30-26(35)36)21(12-13-37-5)18-14-19(18)24(34)29-20-15-27(3,4)38-22-11-9-8-10-17(20)22/h8-11,18-21H,6-7,12-16H2,1-5H3,(H,29,34)(H,30,31)(H,35,36)/t18-,19-,20?,21+/m0/s1. The molecule has 38 heavy (non-hydrogen) atoms. The van der Waals surface area contributed by atoms with Gasteiger partial charge in [0.25, 0.3) is 0 Å². The van der Waals surface area contributed by atoms with Gasteiger partial charge in [0.05, 0.1) is 12.5 Å². The molecule has 1 saturated heterocycles. The number of carbonyl (C=O) groups is 3. The fraction of sp³-hybridized carbons (Fsp3) is 0.643. The molecule has 3 N–H and O–H groups in total. The minimum absolute atomic E-state index is 0.0460. The van der Waals surface area contributed by atoms with Gasteiger partial charge in [-0.2, -0.15) is 0 Å². The number of para-hydroxylation sites is 1. The molecule has 2 fully saturated rings. The van der Waals surface area contributed by atoms with Crippen molar-refractivity contribution in [1.82, 2.24) is 15.5 Å². The third-order valence-corrected chi connectivity index (χ3v) is 8.23. The maximum absolute atomic E-state index is 13.5. The van der Waals surface area contributed by atoms with E-state index in [2.05, 4.69) is 15.6 Å². The highest BCUT2D eigenvalue weighted by Gasteiger charge is 2.53. The Morgan fingerprint density at radius 1 is 1.29 bits per heavy atom. The van der Waals surface area contributed by atoms with E-state index in [0.29, 0.717) is 38.7 Å². The lowest BCUT2D eigenvalue weighted by molar-refractivity contribution is -0.134. The fourth-order valence-corrected chi connectivity index (χ4v) is 5.95. The Bertz CT molecular complexity index is 1100. The zero-order chi connectivity index (χ0) is 27.7. The van der Waals surface area contributed by atoms with Crippen molar-refractivity contribution in [3.8, 4) is 5.75 Å². The molecular formula is C28H40N4O6. The molecule has 1 aromatic carbocycles. The number of nitrogens with zero attached hydrogens (tertiary/aromatic N) is 2. The van der Waals surface area contributed by atoms with Gasteiger partial charge in [0, 0.05) is 43.2 Å². The molecule has 0 radical (unpaired) electrons. The third-order valence-electron chi connectivity index (χ3n) is 8.23. The maximum atomic E-state index is 13.5. The molecule has 0 spiro atoms. The van der Waals surface area contributed by atoms with Crippen molar-refractivity contribution in [3.63, 3.8) is 0 Å². The topological polar surface area (TPSA) is 130 Å². The van der Waals surface area contributed by atoms with Crippen LogP contribution in [0.1, 0.15) is 77.8 Å². The number of aliphatic imine (C=N–C) groups is 1. The summed E-state index contributed by atoms with van der Waals surface area (Å²) in [5.74, 6) is 0.144. The molecule has 1 saturated carbocycles. The second-order valence-electron chi connectivity index (χ2n) is 11.3. The van der Waals surface area contributed by atoms with Crippen molar-refractivity contribution in [3.05, 3.63) is 29.8 Å². The van der Waals surface area contributed by atoms with Gasteiger partial charge in [-0.15, -0.1) is 4.99 Å². The van der Waals surface area contributed by atoms with Crippen LogP contribution >= 0.6 is 0 Å². The maximum Gasteiger partial charge on any atom is 0.434 e. The van der Waals surface area contributed by atoms with Crippen LogP contribution in [0.4, 0.5) is 4.79 Å². The van der Waals surface area contributed by atoms with E-state index in [1.165, 1.54) is 4.90 Å². The molecule has 10 nitrogen and oxygen atoms in total. The van der Waals surface area contributed by atoms with Crippen molar-refractivity contribution in [2.75, 3.05) is 13.7 Å². The molecule has 0 aromatic heterocycles. The highest BCUT2D eigenvalue weighted by Crippen LogP contribution is 2.47. The van der Waals surface area contributed by atoms with Crippen LogP contribution < -0.4 is 15.4 Å². The van der Waals surface area contributed by atoms with E-state index in [-0.39, 0.29) is 42.1 Å². The number of nitrogens with one attached hydrogen (secondary N) is 2. The average Bonchev–Trinajstić information content (AvgIpc) is 3.65. The van der Waals surface area contributed by atoms with Gasteiger partial charge in [-0.1, -0.05) is 32.0 Å². The van der Waals surface area contributed by atoms with Gasteiger partial charge in [0.15, 0.2) is 0 Å². The summed E-state index contributed by atoms with van der Waals surface area (Å²) in [7, 11) is 1.58. The molecular weight excluding hydrogens is 488 g/mol. The number of fused-ring (bicyclic) bond motifs is 1. The van der Waals surface area contributed by atoms with E-state index >= 15 is 0 Å². The van der Waals surface area contributed by atoms with E-state index in [9.17, 15) is 19.5 Å². The summed E-state index contributed by atoms with van der Waals surface area (Å²) in [6.07, 6.45) is 1.88. The highest BCUT2D eigenvalue weighted by molar-refractivity contribution is 6.04. The number of methoxy groups -OCH3 is 1. The van der Waals surface area contributed by atoms with Crippen LogP contribution in [0.5, 0.6) is 5.75 Å². The van der Waals surface area contributed by atoms with Gasteiger partial charge in [-0.3, -0.25) is 14.5 Å². The molecule has 1 unspecified atom stereocenters. The molecule has 1 aromatic rings. The van der Waals surface area contributed by atoms with Gasteiger partial charge in [0.2, 0.25) is 17.8 Å². The van der Waals surface area contributed by atoms with Crippen molar-refractivity contribution >= 4 is 23.9 Å². The van der Waals surface area contributed by atoms with Crippen LogP contribution in [0.3, 0.4) is 0 Å². The van der Waals surface area contributed by atoms with Crippen molar-refractivity contribution in [2.24, 2.45) is 16.8 Å². The minimum Gasteiger partial charge on any atom is -0.487 e. The molecule has 2 aliphatic heterocycles. The number of rotatable bonds is 9. The van der Waals surface area contributed by atoms with Crippen LogP contribution in [0.25, 0.3) is 0 Å². The summed E-state index contributed by atoms with van der Waals surface area (Å²) in [6, 6.07) is 7.16. The minimum atomic E-state index is -1.37. The Labute approximate surface area is 224 Å². The monoisotopic (exact) mass is 528 g/mol. The molecule has 3 aliphatic rings. The zero-order valence-corrected chi connectivity index (χ0v) is 23.0. The smallest absolute Gasteiger partial charge is 0.434 e. The normalized spacial score (nSPS) is 27.1. The van der Waals surface area contributed by atoms with Gasteiger partial charge in [0.1, 0.15) is 11.4 Å². The summed E-state index contributed by atoms with van der Waals surface area (Å²) in [6.45, 7) is 8.32. The van der Waals surface area contributed by atoms with E-state index in [1.807, 2.05) is 52.0 Å². The summed E-state index contributed by atoms with van der Waals surface area (Å²) < 4.78 is 11.4. The number of hydrogen-bond donors (Lipinski definition) is 3. The van der Waals surface area contributed by atoms with Crippen LogP contribution in [-0.2, 0) is 14.3 Å². The Kier molecular flexibility index (Phi) is 8.01. The molecule has 4 rings (SSSR count). The van der Waals surface area contributed by atoms with Crippen LogP contribution in [0, 0.1) is 11.8 Å². The first-order chi connectivity index (χ1) is 18.0. The van der Waals surface area contributed by atoms with Crippen molar-refractivity contribution in [1.29, 1.82) is 0 Å². The molecule has 2 heterocycles. The number of ether oxygens (including phenoxy) is 2. The number of guanidine groups is 1. The van der Waals surface area contributed by atoms with Gasteiger partial charge in [-0.25, -0.2) is 4.79 Å². The predicted molar refractivity (Wildman–Crippen MR) is 142 cm³/mol. The number of carbonyl (C=O) groups excluding carboxylic acids is 2. The van der Waals surface area contributed by atoms with E-state index in [1.54, 1.807) is 7.11 Å². The van der Waals surface area contributed by atoms with Crippen molar-refractivity contribution in [2.45, 2.75) is 89.4 Å². The van der Waals surface area contributed by atoms with Crippen molar-refractivity contribution < 1.29 is 29.0 Å². The Balaban J connectivity index is 1.55. The van der Waals surface area contributed by atoms with Crippen LogP contribution in [0.15, 0.2) is 29.3 Å². The summed E-state index contributed by atoms with van der Waals surface area (Å²) >= 11 is 0. The summed E-state index contributed by atoms with van der Waals surface area (Å²) in [5.41, 5.74) is -0.0119. The third kappa shape index (κ3) is 5.80. The van der Waals surface area contributed by atoms with Gasteiger partial charge >= 0.3 is 6.09 Å². The average molecular weight is 529 g/mol. The fourth-order valence-electron chi connectivity index (χ4n) is 5.95. The first-order valence-corrected chi connectivity index (χ1v) is 13.5. The summed E-state index contributed by atoms with van der Waals surface area (Å²) in [4.78, 5) is 43.9. The van der Waals surface area contributed by atoms with Crippen LogP contribution in [0.2, 0.25) is 0 Å². The highest BCUT2D eigenvalue weighted by atomic mass is 16.5. The second kappa shape index (κ2) is 10.9. The largest absolute Gasteiger partial charge is 0.487 e. The number of hydrogen-bond acceptors (Lipinski definition) is 5. The predicted octanol–water partition coefficient (Wildman–Crippen LogP) is 3.86. The Morgan fingerprint density at radius 3 is 2.66 bits per heavy atom. The summed E-state index contributed by atoms with van der Waals surface area (Å²) in [5, 5.41) is 16.0. The Morgan fingerprint density at radius 2 is 2.00 bits per heavy atom. The zero-order valence-electron chi connectivity index (χ0n) is 23.0. The molecule has 10 heteroatoms.